The van der Waals surface area contributed by atoms with Gasteiger partial charge in [0.25, 0.3) is 0 Å². The zero-order valence-electron chi connectivity index (χ0n) is 8.49. The van der Waals surface area contributed by atoms with Crippen LogP contribution in [0, 0.1) is 6.92 Å². The Balaban J connectivity index is 2.66. The molecule has 0 unspecified atom stereocenters. The average molecular weight is 192 g/mol. The molecular formula is C11H16N2O. The van der Waals surface area contributed by atoms with Gasteiger partial charge in [0.1, 0.15) is 0 Å². The van der Waals surface area contributed by atoms with Crippen LogP contribution in [-0.2, 0) is 6.54 Å². The zero-order valence-corrected chi connectivity index (χ0v) is 8.49. The third-order valence-corrected chi connectivity index (χ3v) is 1.80. The largest absolute Gasteiger partial charge is 0.477 e. The first-order valence-electron chi connectivity index (χ1n) is 4.67. The molecule has 3 nitrogen and oxygen atoms in total. The van der Waals surface area contributed by atoms with Gasteiger partial charge in [-0.1, -0.05) is 6.08 Å². The van der Waals surface area contributed by atoms with Crippen molar-refractivity contribution in [3.8, 4) is 5.88 Å². The molecule has 0 aliphatic rings. The smallest absolute Gasteiger partial charge is 0.213 e. The van der Waals surface area contributed by atoms with Crippen LogP contribution in [0.3, 0.4) is 0 Å². The molecule has 0 aromatic carbocycles. The highest BCUT2D eigenvalue weighted by Crippen LogP contribution is 2.12. The normalized spacial score (nSPS) is 9.86. The van der Waals surface area contributed by atoms with Crippen molar-refractivity contribution in [1.29, 1.82) is 0 Å². The van der Waals surface area contributed by atoms with Gasteiger partial charge in [0.15, 0.2) is 0 Å². The Hall–Kier alpha value is -1.35. The predicted octanol–water partition coefficient (Wildman–Crippen LogP) is 1.80. The molecule has 0 fully saturated rings. The number of nitrogens with zero attached hydrogens (tertiary/aromatic N) is 1. The summed E-state index contributed by atoms with van der Waals surface area (Å²) in [6.45, 7) is 6.68. The molecule has 1 heterocycles. The Kier molecular flexibility index (Phi) is 4.13. The summed E-state index contributed by atoms with van der Waals surface area (Å²) >= 11 is 0. The van der Waals surface area contributed by atoms with Crippen molar-refractivity contribution >= 4 is 0 Å². The maximum Gasteiger partial charge on any atom is 0.213 e. The van der Waals surface area contributed by atoms with Gasteiger partial charge in [-0.25, -0.2) is 4.98 Å². The maximum absolute atomic E-state index is 5.54. The van der Waals surface area contributed by atoms with E-state index in [-0.39, 0.29) is 0 Å². The number of aromatic nitrogens is 1. The molecule has 1 aromatic rings. The zero-order chi connectivity index (χ0) is 10.4. The monoisotopic (exact) mass is 192 g/mol. The van der Waals surface area contributed by atoms with Crippen LogP contribution in [0.2, 0.25) is 0 Å². The molecule has 0 bridgehead atoms. The Bertz CT molecular complexity index is 310. The number of nitrogens with two attached hydrogens (primary N) is 1. The Morgan fingerprint density at radius 2 is 2.36 bits per heavy atom. The summed E-state index contributed by atoms with van der Waals surface area (Å²) in [7, 11) is 0. The van der Waals surface area contributed by atoms with Gasteiger partial charge in [0, 0.05) is 18.3 Å². The summed E-state index contributed by atoms with van der Waals surface area (Å²) in [5, 5.41) is 0. The average Bonchev–Trinajstić information content (AvgIpc) is 2.17. The minimum Gasteiger partial charge on any atom is -0.477 e. The van der Waals surface area contributed by atoms with Crippen molar-refractivity contribution in [2.24, 2.45) is 5.73 Å². The van der Waals surface area contributed by atoms with Crippen LogP contribution in [0.25, 0.3) is 0 Å². The van der Waals surface area contributed by atoms with Gasteiger partial charge in [-0.05, 0) is 25.0 Å². The summed E-state index contributed by atoms with van der Waals surface area (Å²) in [5.41, 5.74) is 7.52. The molecule has 0 radical (unpaired) electrons. The maximum atomic E-state index is 5.54. The molecule has 3 heteroatoms. The van der Waals surface area contributed by atoms with E-state index in [0.29, 0.717) is 19.0 Å². The van der Waals surface area contributed by atoms with E-state index in [1.807, 2.05) is 25.1 Å². The van der Waals surface area contributed by atoms with Gasteiger partial charge in [-0.2, -0.15) is 0 Å². The fourth-order valence-electron chi connectivity index (χ4n) is 1.15. The van der Waals surface area contributed by atoms with E-state index >= 15 is 0 Å². The Morgan fingerprint density at radius 1 is 1.57 bits per heavy atom. The fraction of sp³-hybridized carbons (Fsp3) is 0.364. The van der Waals surface area contributed by atoms with Gasteiger partial charge >= 0.3 is 0 Å². The standard InChI is InChI=1S/C11H16N2O/c1-3-4-5-14-11-7-10(8-12)6-9(2)13-11/h3,6-7H,1,4-5,8,12H2,2H3. The van der Waals surface area contributed by atoms with Gasteiger partial charge < -0.3 is 10.5 Å². The van der Waals surface area contributed by atoms with Crippen molar-refractivity contribution in [1.82, 2.24) is 4.98 Å². The van der Waals surface area contributed by atoms with Crippen LogP contribution >= 0.6 is 0 Å². The summed E-state index contributed by atoms with van der Waals surface area (Å²) in [6, 6.07) is 3.83. The molecule has 0 aliphatic heterocycles. The molecular weight excluding hydrogens is 176 g/mol. The minimum absolute atomic E-state index is 0.515. The lowest BCUT2D eigenvalue weighted by atomic mass is 10.2. The third kappa shape index (κ3) is 3.18. The summed E-state index contributed by atoms with van der Waals surface area (Å²) < 4.78 is 5.43. The number of pyridine rings is 1. The van der Waals surface area contributed by atoms with Crippen LogP contribution in [0.4, 0.5) is 0 Å². The molecule has 14 heavy (non-hydrogen) atoms. The number of rotatable bonds is 5. The second-order valence-electron chi connectivity index (χ2n) is 3.08. The molecule has 1 aromatic heterocycles. The lowest BCUT2D eigenvalue weighted by Gasteiger charge is -2.06. The molecule has 0 saturated heterocycles. The highest BCUT2D eigenvalue weighted by molar-refractivity contribution is 5.24. The first kappa shape index (κ1) is 10.7. The predicted molar refractivity (Wildman–Crippen MR) is 57.2 cm³/mol. The van der Waals surface area contributed by atoms with Gasteiger partial charge in [0.05, 0.1) is 6.61 Å². The van der Waals surface area contributed by atoms with Gasteiger partial charge in [-0.15, -0.1) is 6.58 Å². The lowest BCUT2D eigenvalue weighted by molar-refractivity contribution is 0.311. The van der Waals surface area contributed by atoms with Crippen molar-refractivity contribution in [2.75, 3.05) is 6.61 Å². The number of aryl methyl sites for hydroxylation is 1. The van der Waals surface area contributed by atoms with Crippen LogP contribution in [0.1, 0.15) is 17.7 Å². The van der Waals surface area contributed by atoms with Gasteiger partial charge in [-0.3, -0.25) is 0 Å². The minimum atomic E-state index is 0.515. The van der Waals surface area contributed by atoms with Crippen LogP contribution in [0.5, 0.6) is 5.88 Å². The van der Waals surface area contributed by atoms with Crippen LogP contribution < -0.4 is 10.5 Å². The first-order chi connectivity index (χ1) is 6.76. The molecule has 76 valence electrons. The van der Waals surface area contributed by atoms with Crippen molar-refractivity contribution < 1.29 is 4.74 Å². The fourth-order valence-corrected chi connectivity index (χ4v) is 1.15. The molecule has 0 aliphatic carbocycles. The highest BCUT2D eigenvalue weighted by atomic mass is 16.5. The van der Waals surface area contributed by atoms with Gasteiger partial charge in [0.2, 0.25) is 5.88 Å². The number of ether oxygens (including phenoxy) is 1. The molecule has 0 saturated carbocycles. The van der Waals surface area contributed by atoms with E-state index in [9.17, 15) is 0 Å². The van der Waals surface area contributed by atoms with E-state index in [4.69, 9.17) is 10.5 Å². The quantitative estimate of drug-likeness (QED) is 0.571. The van der Waals surface area contributed by atoms with Crippen LogP contribution in [0.15, 0.2) is 24.8 Å². The van der Waals surface area contributed by atoms with Crippen LogP contribution in [-0.4, -0.2) is 11.6 Å². The topological polar surface area (TPSA) is 48.1 Å². The second kappa shape index (κ2) is 5.40. The first-order valence-corrected chi connectivity index (χ1v) is 4.67. The molecule has 0 amide bonds. The molecule has 0 spiro atoms. The number of hydrogen-bond donors (Lipinski definition) is 1. The summed E-state index contributed by atoms with van der Waals surface area (Å²) in [6.07, 6.45) is 2.65. The lowest BCUT2D eigenvalue weighted by Crippen LogP contribution is -2.02. The van der Waals surface area contributed by atoms with E-state index in [1.54, 1.807) is 0 Å². The Labute approximate surface area is 84.6 Å². The van der Waals surface area contributed by atoms with Crippen molar-refractivity contribution in [3.63, 3.8) is 0 Å². The second-order valence-corrected chi connectivity index (χ2v) is 3.08. The highest BCUT2D eigenvalue weighted by Gasteiger charge is 1.99. The van der Waals surface area contributed by atoms with E-state index in [1.165, 1.54) is 0 Å². The number of hydrogen-bond acceptors (Lipinski definition) is 3. The molecule has 2 N–H and O–H groups in total. The SMILES string of the molecule is C=CCCOc1cc(CN)cc(C)n1. The van der Waals surface area contributed by atoms with E-state index in [0.717, 1.165) is 17.7 Å². The van der Waals surface area contributed by atoms with E-state index in [2.05, 4.69) is 11.6 Å². The van der Waals surface area contributed by atoms with E-state index < -0.39 is 0 Å². The Morgan fingerprint density at radius 3 is 3.00 bits per heavy atom. The summed E-state index contributed by atoms with van der Waals surface area (Å²) in [4.78, 5) is 4.24. The molecule has 1 rings (SSSR count). The summed E-state index contributed by atoms with van der Waals surface area (Å²) in [5.74, 6) is 0.646. The third-order valence-electron chi connectivity index (χ3n) is 1.80. The van der Waals surface area contributed by atoms with Crippen molar-refractivity contribution in [3.05, 3.63) is 36.0 Å². The van der Waals surface area contributed by atoms with Crippen molar-refractivity contribution in [2.45, 2.75) is 19.9 Å². The molecule has 0 atom stereocenters.